The first-order valence-corrected chi connectivity index (χ1v) is 19.4. The van der Waals surface area contributed by atoms with E-state index in [4.69, 9.17) is 4.42 Å². The first kappa shape index (κ1) is 31.3. The fraction of sp³-hybridized carbons (Fsp3) is 0.0566. The molecule has 9 aromatic carbocycles. The third-order valence-electron chi connectivity index (χ3n) is 12.3. The van der Waals surface area contributed by atoms with Gasteiger partial charge in [0, 0.05) is 55.5 Å². The predicted octanol–water partition coefficient (Wildman–Crippen LogP) is 14.8. The molecule has 0 radical (unpaired) electrons. The smallest absolute Gasteiger partial charge is 0.137 e. The minimum Gasteiger partial charge on any atom is -0.456 e. The van der Waals surface area contributed by atoms with Gasteiger partial charge in [0.05, 0.1) is 16.7 Å². The normalized spacial score (nSPS) is 13.3. The van der Waals surface area contributed by atoms with Gasteiger partial charge in [0.15, 0.2) is 0 Å². The quantitative estimate of drug-likeness (QED) is 0.181. The van der Waals surface area contributed by atoms with Crippen molar-refractivity contribution in [2.24, 2.45) is 0 Å². The third kappa shape index (κ3) is 4.34. The first-order chi connectivity index (χ1) is 27.5. The highest BCUT2D eigenvalue weighted by Crippen LogP contribution is 2.52. The van der Waals surface area contributed by atoms with Crippen LogP contribution in [-0.4, -0.2) is 4.57 Å². The van der Waals surface area contributed by atoms with E-state index in [2.05, 4.69) is 193 Å². The van der Waals surface area contributed by atoms with Gasteiger partial charge in [0.1, 0.15) is 11.2 Å². The van der Waals surface area contributed by atoms with Crippen molar-refractivity contribution in [3.05, 3.63) is 193 Å². The summed E-state index contributed by atoms with van der Waals surface area (Å²) < 4.78 is 8.90. The van der Waals surface area contributed by atoms with Gasteiger partial charge in [0.25, 0.3) is 0 Å². The molecule has 3 nitrogen and oxygen atoms in total. The zero-order chi connectivity index (χ0) is 37.1. The van der Waals surface area contributed by atoms with Crippen molar-refractivity contribution in [2.45, 2.75) is 19.3 Å². The molecule has 11 aromatic rings. The molecular formula is C53H36N2O. The average molecular weight is 717 g/mol. The lowest BCUT2D eigenvalue weighted by Crippen LogP contribution is -2.14. The topological polar surface area (TPSA) is 21.3 Å². The van der Waals surface area contributed by atoms with Crippen LogP contribution in [-0.2, 0) is 5.41 Å². The molecule has 56 heavy (non-hydrogen) atoms. The van der Waals surface area contributed by atoms with E-state index >= 15 is 0 Å². The Balaban J connectivity index is 1.16. The number of nitrogens with zero attached hydrogens (tertiary/aromatic N) is 2. The number of anilines is 3. The van der Waals surface area contributed by atoms with Crippen molar-refractivity contribution in [1.29, 1.82) is 0 Å². The summed E-state index contributed by atoms with van der Waals surface area (Å²) in [6.45, 7) is 4.72. The Bertz CT molecular complexity index is 3400. The molecule has 0 aliphatic heterocycles. The minimum atomic E-state index is -0.0693. The van der Waals surface area contributed by atoms with Crippen LogP contribution in [0.15, 0.2) is 186 Å². The molecule has 2 aromatic heterocycles. The van der Waals surface area contributed by atoms with Crippen molar-refractivity contribution in [1.82, 2.24) is 4.57 Å². The molecule has 264 valence electrons. The average Bonchev–Trinajstić information content (AvgIpc) is 3.85. The predicted molar refractivity (Wildman–Crippen MR) is 235 cm³/mol. The van der Waals surface area contributed by atoms with Gasteiger partial charge >= 0.3 is 0 Å². The van der Waals surface area contributed by atoms with Crippen molar-refractivity contribution in [3.63, 3.8) is 0 Å². The number of furan rings is 1. The van der Waals surface area contributed by atoms with Crippen LogP contribution in [0.4, 0.5) is 17.1 Å². The van der Waals surface area contributed by atoms with E-state index in [9.17, 15) is 0 Å². The van der Waals surface area contributed by atoms with Gasteiger partial charge in [-0.2, -0.15) is 0 Å². The number of hydrogen-bond acceptors (Lipinski definition) is 2. The molecule has 1 aliphatic rings. The number of para-hydroxylation sites is 2. The summed E-state index contributed by atoms with van der Waals surface area (Å²) in [4.78, 5) is 2.40. The number of rotatable bonds is 4. The van der Waals surface area contributed by atoms with Gasteiger partial charge in [-0.15, -0.1) is 0 Å². The maximum atomic E-state index is 6.47. The van der Waals surface area contributed by atoms with Gasteiger partial charge in [-0.25, -0.2) is 0 Å². The number of benzene rings is 9. The molecule has 12 rings (SSSR count). The Hall–Kier alpha value is -7.10. The largest absolute Gasteiger partial charge is 0.456 e. The van der Waals surface area contributed by atoms with E-state index in [0.29, 0.717) is 0 Å². The summed E-state index contributed by atoms with van der Waals surface area (Å²) >= 11 is 0. The summed E-state index contributed by atoms with van der Waals surface area (Å²) in [6, 6.07) is 66.5. The van der Waals surface area contributed by atoms with Crippen molar-refractivity contribution >= 4 is 82.4 Å². The van der Waals surface area contributed by atoms with E-state index in [0.717, 1.165) is 44.7 Å². The highest BCUT2D eigenvalue weighted by atomic mass is 16.3. The first-order valence-electron chi connectivity index (χ1n) is 19.4. The molecule has 1 aliphatic carbocycles. The molecule has 0 bridgehead atoms. The Kier molecular flexibility index (Phi) is 6.40. The summed E-state index contributed by atoms with van der Waals surface area (Å²) in [7, 11) is 0. The van der Waals surface area contributed by atoms with Gasteiger partial charge in [0.2, 0.25) is 0 Å². The van der Waals surface area contributed by atoms with Gasteiger partial charge in [-0.05, 0) is 105 Å². The van der Waals surface area contributed by atoms with Crippen LogP contribution in [0, 0.1) is 0 Å². The minimum absolute atomic E-state index is 0.0693. The molecular weight excluding hydrogens is 681 g/mol. The fourth-order valence-corrected chi connectivity index (χ4v) is 9.71. The number of fused-ring (bicyclic) bond motifs is 12. The monoisotopic (exact) mass is 716 g/mol. The molecule has 3 heteroatoms. The third-order valence-corrected chi connectivity index (χ3v) is 12.3. The standard InChI is InChI=1S/C53H36N2O/c1-53(2)45-20-10-8-19-41(45)52-42-32-44-43-30-36(25-28-48(43)55(35-15-4-3-5-16-35)49(44)29-34(42)23-27-46(52)53)54(47-21-12-14-33-13-6-7-17-38(33)47)37-24-26-40-39-18-9-11-22-50(39)56-51(40)31-37/h3-32H,1-2H3. The molecule has 0 saturated heterocycles. The van der Waals surface area contributed by atoms with Crippen molar-refractivity contribution in [2.75, 3.05) is 4.90 Å². The maximum Gasteiger partial charge on any atom is 0.137 e. The van der Waals surface area contributed by atoms with E-state index < -0.39 is 0 Å². The SMILES string of the molecule is CC1(C)c2ccccc2-c2c1ccc1cc3c(cc21)c1cc(N(c2ccc4c(c2)oc2ccccc24)c2cccc4ccccc24)ccc1n3-c1ccccc1. The van der Waals surface area contributed by atoms with Crippen LogP contribution in [0.2, 0.25) is 0 Å². The second-order valence-corrected chi connectivity index (χ2v) is 15.7. The van der Waals surface area contributed by atoms with Crippen LogP contribution in [0.5, 0.6) is 0 Å². The van der Waals surface area contributed by atoms with Crippen LogP contribution >= 0.6 is 0 Å². The lowest BCUT2D eigenvalue weighted by Gasteiger charge is -2.27. The molecule has 0 unspecified atom stereocenters. The van der Waals surface area contributed by atoms with Gasteiger partial charge in [-0.3, -0.25) is 0 Å². The molecule has 0 saturated carbocycles. The Morgan fingerprint density at radius 3 is 2.07 bits per heavy atom. The second-order valence-electron chi connectivity index (χ2n) is 15.7. The molecule has 0 atom stereocenters. The lowest BCUT2D eigenvalue weighted by atomic mass is 9.82. The highest BCUT2D eigenvalue weighted by Gasteiger charge is 2.36. The highest BCUT2D eigenvalue weighted by molar-refractivity contribution is 6.17. The number of aromatic nitrogens is 1. The summed E-state index contributed by atoms with van der Waals surface area (Å²) in [5, 5.41) is 9.63. The van der Waals surface area contributed by atoms with Crippen LogP contribution in [0.3, 0.4) is 0 Å². The zero-order valence-corrected chi connectivity index (χ0v) is 31.1. The zero-order valence-electron chi connectivity index (χ0n) is 31.1. The Morgan fingerprint density at radius 1 is 0.446 bits per heavy atom. The van der Waals surface area contributed by atoms with Crippen molar-refractivity contribution in [3.8, 4) is 16.8 Å². The van der Waals surface area contributed by atoms with E-state index in [-0.39, 0.29) is 5.41 Å². The lowest BCUT2D eigenvalue weighted by molar-refractivity contribution is 0.661. The Labute approximate surface area is 324 Å². The Morgan fingerprint density at radius 2 is 1.16 bits per heavy atom. The molecule has 0 fully saturated rings. The number of hydrogen-bond donors (Lipinski definition) is 0. The summed E-state index contributed by atoms with van der Waals surface area (Å²) in [5.41, 5.74) is 13.9. The van der Waals surface area contributed by atoms with E-state index in [1.807, 2.05) is 12.1 Å². The molecule has 2 heterocycles. The second kappa shape index (κ2) is 11.5. The van der Waals surface area contributed by atoms with Crippen LogP contribution in [0.1, 0.15) is 25.0 Å². The molecule has 0 N–H and O–H groups in total. The summed E-state index contributed by atoms with van der Waals surface area (Å²) in [5.74, 6) is 0. The maximum absolute atomic E-state index is 6.47. The summed E-state index contributed by atoms with van der Waals surface area (Å²) in [6.07, 6.45) is 0. The van der Waals surface area contributed by atoms with Crippen molar-refractivity contribution < 1.29 is 4.42 Å². The van der Waals surface area contributed by atoms with Crippen LogP contribution in [0.25, 0.3) is 82.1 Å². The van der Waals surface area contributed by atoms with E-state index in [1.54, 1.807) is 0 Å². The van der Waals surface area contributed by atoms with Crippen LogP contribution < -0.4 is 4.90 Å². The molecule has 0 spiro atoms. The van der Waals surface area contributed by atoms with Gasteiger partial charge < -0.3 is 13.9 Å². The fourth-order valence-electron chi connectivity index (χ4n) is 9.71. The van der Waals surface area contributed by atoms with Gasteiger partial charge in [-0.1, -0.05) is 123 Å². The van der Waals surface area contributed by atoms with E-state index in [1.165, 1.54) is 65.6 Å². The molecule has 0 amide bonds.